The van der Waals surface area contributed by atoms with E-state index >= 15 is 0 Å². The maximum Gasteiger partial charge on any atom is 0.244 e. The lowest BCUT2D eigenvalue weighted by Gasteiger charge is -2.18. The van der Waals surface area contributed by atoms with Crippen LogP contribution in [0.15, 0.2) is 59.5 Å². The van der Waals surface area contributed by atoms with E-state index in [1.807, 2.05) is 49.4 Å². The van der Waals surface area contributed by atoms with Crippen LogP contribution in [0.5, 0.6) is 0 Å². The van der Waals surface area contributed by atoms with E-state index in [9.17, 15) is 8.42 Å². The van der Waals surface area contributed by atoms with Gasteiger partial charge in [0.05, 0.1) is 17.0 Å². The van der Waals surface area contributed by atoms with Gasteiger partial charge in [-0.05, 0) is 30.0 Å². The van der Waals surface area contributed by atoms with Crippen LogP contribution in [-0.4, -0.2) is 18.8 Å². The second kappa shape index (κ2) is 5.46. The Morgan fingerprint density at radius 1 is 0.913 bits per heavy atom. The molecule has 1 aliphatic heterocycles. The molecule has 1 aliphatic rings. The highest BCUT2D eigenvalue weighted by molar-refractivity contribution is 7.89. The lowest BCUT2D eigenvalue weighted by molar-refractivity contribution is 0.368. The molecule has 3 rings (SSSR count). The molecule has 2 aromatic rings. The van der Waals surface area contributed by atoms with Crippen LogP contribution in [0.1, 0.15) is 37.9 Å². The Kier molecular flexibility index (Phi) is 3.85. The molecule has 23 heavy (non-hydrogen) atoms. The van der Waals surface area contributed by atoms with Gasteiger partial charge in [0, 0.05) is 0 Å². The summed E-state index contributed by atoms with van der Waals surface area (Å²) in [6.45, 7) is 8.24. The topological polar surface area (TPSA) is 37.1 Å². The van der Waals surface area contributed by atoms with Crippen molar-refractivity contribution in [2.75, 3.05) is 0 Å². The number of rotatable bonds is 3. The van der Waals surface area contributed by atoms with E-state index in [-0.39, 0.29) is 17.5 Å². The third-order valence-electron chi connectivity index (χ3n) is 4.38. The molecule has 4 heteroatoms. The molecule has 0 aromatic heterocycles. The molecule has 2 aromatic carbocycles. The second-order valence-corrected chi connectivity index (χ2v) is 9.16. The van der Waals surface area contributed by atoms with Gasteiger partial charge in [0.15, 0.2) is 0 Å². The highest BCUT2D eigenvalue weighted by atomic mass is 32.2. The zero-order valence-electron chi connectivity index (χ0n) is 14.0. The van der Waals surface area contributed by atoms with Crippen LogP contribution in [0.2, 0.25) is 0 Å². The molecule has 0 amide bonds. The molecule has 1 heterocycles. The molecular weight excluding hydrogens is 306 g/mol. The summed E-state index contributed by atoms with van der Waals surface area (Å²) < 4.78 is 27.8. The van der Waals surface area contributed by atoms with Gasteiger partial charge in [-0.1, -0.05) is 68.8 Å². The van der Waals surface area contributed by atoms with Gasteiger partial charge >= 0.3 is 0 Å². The molecule has 0 aliphatic carbocycles. The summed E-state index contributed by atoms with van der Waals surface area (Å²) in [6.07, 6.45) is 0. The van der Waals surface area contributed by atoms with Gasteiger partial charge in [-0.2, -0.15) is 4.31 Å². The van der Waals surface area contributed by atoms with Gasteiger partial charge in [-0.3, -0.25) is 0 Å². The molecule has 3 unspecified atom stereocenters. The van der Waals surface area contributed by atoms with Crippen molar-refractivity contribution in [3.63, 3.8) is 0 Å². The van der Waals surface area contributed by atoms with Crippen LogP contribution in [0, 0.1) is 12.3 Å². The number of sulfonamides is 1. The molecule has 0 bridgehead atoms. The normalized spacial score (nSPS) is 24.4. The summed E-state index contributed by atoms with van der Waals surface area (Å²) >= 11 is 0. The van der Waals surface area contributed by atoms with Crippen molar-refractivity contribution in [1.82, 2.24) is 4.31 Å². The largest absolute Gasteiger partial charge is 0.244 e. The van der Waals surface area contributed by atoms with Crippen LogP contribution < -0.4 is 0 Å². The summed E-state index contributed by atoms with van der Waals surface area (Å²) in [5, 5.41) is 0. The SMILES string of the molecule is Cc1ccc(S(=O)(=O)N2C(c3ccccc3)C2C(C)(C)C)cc1. The maximum absolute atomic E-state index is 13.1. The Bertz CT molecular complexity index is 790. The van der Waals surface area contributed by atoms with Crippen molar-refractivity contribution in [2.24, 2.45) is 5.41 Å². The quantitative estimate of drug-likeness (QED) is 0.793. The molecule has 0 radical (unpaired) electrons. The first-order valence-corrected chi connectivity index (χ1v) is 9.32. The molecule has 3 atom stereocenters. The Balaban J connectivity index is 2.01. The smallest absolute Gasteiger partial charge is 0.207 e. The summed E-state index contributed by atoms with van der Waals surface area (Å²) in [6, 6.07) is 16.9. The van der Waals surface area contributed by atoms with E-state index in [4.69, 9.17) is 0 Å². The number of benzene rings is 2. The van der Waals surface area contributed by atoms with Gasteiger partial charge < -0.3 is 0 Å². The molecule has 3 nitrogen and oxygen atoms in total. The molecular formula is C19H23NO2S. The summed E-state index contributed by atoms with van der Waals surface area (Å²) in [5.74, 6) is 0. The fourth-order valence-electron chi connectivity index (χ4n) is 3.18. The number of nitrogens with zero attached hydrogens (tertiary/aromatic N) is 1. The Hall–Kier alpha value is -1.65. The van der Waals surface area contributed by atoms with Gasteiger partial charge in [0.1, 0.15) is 0 Å². The van der Waals surface area contributed by atoms with E-state index in [1.165, 1.54) is 0 Å². The van der Waals surface area contributed by atoms with Crippen molar-refractivity contribution in [3.8, 4) is 0 Å². The van der Waals surface area contributed by atoms with E-state index < -0.39 is 10.0 Å². The van der Waals surface area contributed by atoms with Crippen LogP contribution >= 0.6 is 0 Å². The van der Waals surface area contributed by atoms with Crippen LogP contribution in [0.4, 0.5) is 0 Å². The summed E-state index contributed by atoms with van der Waals surface area (Å²) in [7, 11) is -3.48. The van der Waals surface area contributed by atoms with Crippen molar-refractivity contribution >= 4 is 10.0 Å². The van der Waals surface area contributed by atoms with E-state index in [2.05, 4.69) is 20.8 Å². The van der Waals surface area contributed by atoms with Crippen molar-refractivity contribution in [2.45, 2.75) is 44.7 Å². The van der Waals surface area contributed by atoms with Crippen molar-refractivity contribution < 1.29 is 8.42 Å². The van der Waals surface area contributed by atoms with E-state index in [1.54, 1.807) is 16.4 Å². The van der Waals surface area contributed by atoms with Gasteiger partial charge in [0.2, 0.25) is 10.0 Å². The van der Waals surface area contributed by atoms with Crippen molar-refractivity contribution in [3.05, 3.63) is 65.7 Å². The van der Waals surface area contributed by atoms with Crippen molar-refractivity contribution in [1.29, 1.82) is 0 Å². The van der Waals surface area contributed by atoms with Gasteiger partial charge in [-0.25, -0.2) is 8.42 Å². The first kappa shape index (κ1) is 16.2. The third kappa shape index (κ3) is 2.93. The third-order valence-corrected chi connectivity index (χ3v) is 6.26. The minimum atomic E-state index is -3.48. The Morgan fingerprint density at radius 2 is 1.48 bits per heavy atom. The first-order chi connectivity index (χ1) is 10.7. The Labute approximate surface area is 139 Å². The molecule has 122 valence electrons. The highest BCUT2D eigenvalue weighted by Crippen LogP contribution is 2.54. The average Bonchev–Trinajstić information content (AvgIpc) is 3.25. The molecule has 0 spiro atoms. The zero-order chi connectivity index (χ0) is 16.8. The minimum absolute atomic E-state index is 0.0174. The van der Waals surface area contributed by atoms with Crippen LogP contribution in [0.25, 0.3) is 0 Å². The lowest BCUT2D eigenvalue weighted by atomic mass is 9.88. The predicted octanol–water partition coefficient (Wildman–Crippen LogP) is 4.16. The Morgan fingerprint density at radius 3 is 2.00 bits per heavy atom. The fraction of sp³-hybridized carbons (Fsp3) is 0.368. The maximum atomic E-state index is 13.1. The molecule has 0 saturated carbocycles. The zero-order valence-corrected chi connectivity index (χ0v) is 14.8. The van der Waals surface area contributed by atoms with E-state index in [0.717, 1.165) is 11.1 Å². The van der Waals surface area contributed by atoms with Gasteiger partial charge in [-0.15, -0.1) is 0 Å². The molecule has 1 saturated heterocycles. The predicted molar refractivity (Wildman–Crippen MR) is 92.6 cm³/mol. The summed E-state index contributed by atoms with van der Waals surface area (Å²) in [5.41, 5.74) is 2.00. The second-order valence-electron chi connectivity index (χ2n) is 7.31. The first-order valence-electron chi connectivity index (χ1n) is 7.88. The van der Waals surface area contributed by atoms with Crippen LogP contribution in [-0.2, 0) is 10.0 Å². The standard InChI is InChI=1S/C19H23NO2S/c1-14-10-12-16(13-11-14)23(21,22)20-17(18(20)19(2,3)4)15-8-6-5-7-9-15/h5-13,17-18H,1-4H3. The minimum Gasteiger partial charge on any atom is -0.207 e. The lowest BCUT2D eigenvalue weighted by Crippen LogP contribution is -2.23. The molecule has 1 fully saturated rings. The fourth-order valence-corrected chi connectivity index (χ4v) is 5.11. The number of aryl methyl sites for hydroxylation is 1. The van der Waals surface area contributed by atoms with Crippen LogP contribution in [0.3, 0.4) is 0 Å². The number of hydrogen-bond acceptors (Lipinski definition) is 2. The van der Waals surface area contributed by atoms with E-state index in [0.29, 0.717) is 4.90 Å². The van der Waals surface area contributed by atoms with Gasteiger partial charge in [0.25, 0.3) is 0 Å². The summed E-state index contributed by atoms with van der Waals surface area (Å²) in [4.78, 5) is 0.371. The average molecular weight is 329 g/mol. The number of hydrogen-bond donors (Lipinski definition) is 0. The monoisotopic (exact) mass is 329 g/mol. The molecule has 0 N–H and O–H groups in total. The highest BCUT2D eigenvalue weighted by Gasteiger charge is 2.60.